The summed E-state index contributed by atoms with van der Waals surface area (Å²) in [5.41, 5.74) is -0.131. The lowest BCUT2D eigenvalue weighted by Crippen LogP contribution is -2.37. The number of benzene rings is 1. The normalized spacial score (nSPS) is 12.4. The van der Waals surface area contributed by atoms with Gasteiger partial charge in [0.2, 0.25) is 0 Å². The maximum atomic E-state index is 13.6. The van der Waals surface area contributed by atoms with Gasteiger partial charge in [0.1, 0.15) is 11.9 Å². The topological polar surface area (TPSA) is 92.5 Å². The Labute approximate surface area is 115 Å². The summed E-state index contributed by atoms with van der Waals surface area (Å²) in [6.45, 7) is 3.79. The van der Waals surface area contributed by atoms with Crippen molar-refractivity contribution in [2.75, 3.05) is 0 Å². The van der Waals surface area contributed by atoms with Gasteiger partial charge in [0, 0.05) is 18.2 Å². The molecule has 0 aliphatic rings. The van der Waals surface area contributed by atoms with Crippen LogP contribution in [0.2, 0.25) is 0 Å². The molecule has 7 heteroatoms. The molecule has 0 bridgehead atoms. The molecule has 1 atom stereocenters. The molecule has 0 saturated heterocycles. The van der Waals surface area contributed by atoms with Crippen molar-refractivity contribution < 1.29 is 19.2 Å². The monoisotopic (exact) mass is 284 g/mol. The third kappa shape index (κ3) is 4.58. The zero-order valence-electron chi connectivity index (χ0n) is 11.3. The van der Waals surface area contributed by atoms with Gasteiger partial charge in [-0.05, 0) is 18.4 Å². The lowest BCUT2D eigenvalue weighted by atomic mass is 10.0. The van der Waals surface area contributed by atoms with Crippen molar-refractivity contribution in [2.45, 2.75) is 32.9 Å². The largest absolute Gasteiger partial charge is 0.480 e. The molecule has 110 valence electrons. The van der Waals surface area contributed by atoms with Crippen LogP contribution in [0, 0.1) is 21.8 Å². The van der Waals surface area contributed by atoms with Crippen LogP contribution in [-0.4, -0.2) is 22.0 Å². The summed E-state index contributed by atoms with van der Waals surface area (Å²) in [7, 11) is 0. The molecule has 0 aliphatic carbocycles. The average molecular weight is 284 g/mol. The number of hydrogen-bond donors (Lipinski definition) is 2. The summed E-state index contributed by atoms with van der Waals surface area (Å²) < 4.78 is 13.6. The molecular weight excluding hydrogens is 267 g/mol. The standard InChI is InChI=1S/C13H17FN2O4/c1-8(2)5-12(13(17)18)15-7-9-3-4-10(16(19)20)6-11(9)14/h3-4,6,8,12,15H,5,7H2,1-2H3,(H,17,18)/t12-/m0/s1. The summed E-state index contributed by atoms with van der Waals surface area (Å²) in [6, 6.07) is 2.53. The molecule has 0 spiro atoms. The number of nitrogens with one attached hydrogen (secondary N) is 1. The second-order valence-corrected chi connectivity index (χ2v) is 4.93. The van der Waals surface area contributed by atoms with Crippen LogP contribution in [-0.2, 0) is 11.3 Å². The molecule has 1 rings (SSSR count). The highest BCUT2D eigenvalue weighted by Gasteiger charge is 2.19. The zero-order chi connectivity index (χ0) is 15.3. The smallest absolute Gasteiger partial charge is 0.320 e. The van der Waals surface area contributed by atoms with E-state index in [2.05, 4.69) is 5.32 Å². The molecule has 0 aliphatic heterocycles. The number of rotatable bonds is 7. The van der Waals surface area contributed by atoms with Crippen LogP contribution in [0.5, 0.6) is 0 Å². The van der Waals surface area contributed by atoms with Gasteiger partial charge in [-0.2, -0.15) is 0 Å². The predicted molar refractivity (Wildman–Crippen MR) is 70.8 cm³/mol. The fraction of sp³-hybridized carbons (Fsp3) is 0.462. The highest BCUT2D eigenvalue weighted by molar-refractivity contribution is 5.73. The molecule has 0 radical (unpaired) electrons. The Morgan fingerprint density at radius 2 is 2.15 bits per heavy atom. The first-order valence-electron chi connectivity index (χ1n) is 6.20. The van der Waals surface area contributed by atoms with Gasteiger partial charge in [-0.25, -0.2) is 4.39 Å². The Bertz CT molecular complexity index is 505. The molecule has 1 aromatic carbocycles. The average Bonchev–Trinajstić information content (AvgIpc) is 2.34. The Kier molecular flexibility index (Phi) is 5.57. The first-order valence-corrected chi connectivity index (χ1v) is 6.20. The molecule has 0 unspecified atom stereocenters. The maximum Gasteiger partial charge on any atom is 0.320 e. The highest BCUT2D eigenvalue weighted by atomic mass is 19.1. The number of carbonyl (C=O) groups is 1. The van der Waals surface area contributed by atoms with E-state index in [1.54, 1.807) is 0 Å². The summed E-state index contributed by atoms with van der Waals surface area (Å²) in [5.74, 6) is -1.54. The molecule has 0 fully saturated rings. The van der Waals surface area contributed by atoms with Crippen LogP contribution in [0.25, 0.3) is 0 Å². The molecule has 0 heterocycles. The Hall–Kier alpha value is -2.02. The van der Waals surface area contributed by atoms with Crippen LogP contribution in [0.15, 0.2) is 18.2 Å². The molecule has 6 nitrogen and oxygen atoms in total. The van der Waals surface area contributed by atoms with Crippen molar-refractivity contribution in [1.82, 2.24) is 5.32 Å². The van der Waals surface area contributed by atoms with E-state index in [4.69, 9.17) is 5.11 Å². The van der Waals surface area contributed by atoms with Crippen LogP contribution < -0.4 is 5.32 Å². The fourth-order valence-electron chi connectivity index (χ4n) is 1.77. The summed E-state index contributed by atoms with van der Waals surface area (Å²) in [4.78, 5) is 20.8. The number of non-ortho nitro benzene ring substituents is 1. The molecule has 1 aromatic rings. The van der Waals surface area contributed by atoms with Gasteiger partial charge in [0.15, 0.2) is 0 Å². The van der Waals surface area contributed by atoms with E-state index in [0.29, 0.717) is 6.42 Å². The van der Waals surface area contributed by atoms with E-state index in [1.807, 2.05) is 13.8 Å². The number of carboxylic acids is 1. The van der Waals surface area contributed by atoms with Crippen molar-refractivity contribution in [3.63, 3.8) is 0 Å². The van der Waals surface area contributed by atoms with Gasteiger partial charge >= 0.3 is 5.97 Å². The molecular formula is C13H17FN2O4. The van der Waals surface area contributed by atoms with Gasteiger partial charge in [-0.1, -0.05) is 13.8 Å². The molecule has 0 saturated carbocycles. The van der Waals surface area contributed by atoms with E-state index in [1.165, 1.54) is 12.1 Å². The first kappa shape index (κ1) is 16.0. The van der Waals surface area contributed by atoms with E-state index in [0.717, 1.165) is 6.07 Å². The Morgan fingerprint density at radius 3 is 2.60 bits per heavy atom. The number of nitro groups is 1. The number of hydrogen-bond acceptors (Lipinski definition) is 4. The van der Waals surface area contributed by atoms with Crippen LogP contribution in [0.1, 0.15) is 25.8 Å². The summed E-state index contributed by atoms with van der Waals surface area (Å²) >= 11 is 0. The van der Waals surface area contributed by atoms with Crippen molar-refractivity contribution in [3.8, 4) is 0 Å². The number of carboxylic acid groups (broad SMARTS) is 1. The van der Waals surface area contributed by atoms with Crippen molar-refractivity contribution in [3.05, 3.63) is 39.7 Å². The number of nitrogens with zero attached hydrogens (tertiary/aromatic N) is 1. The number of nitro benzene ring substituents is 1. The summed E-state index contributed by atoms with van der Waals surface area (Å²) in [5, 5.41) is 22.3. The summed E-state index contributed by atoms with van der Waals surface area (Å²) in [6.07, 6.45) is 0.421. The van der Waals surface area contributed by atoms with Gasteiger partial charge in [0.05, 0.1) is 11.0 Å². The minimum atomic E-state index is -0.999. The minimum Gasteiger partial charge on any atom is -0.480 e. The minimum absolute atomic E-state index is 0.00745. The number of halogens is 1. The first-order chi connectivity index (χ1) is 9.31. The molecule has 20 heavy (non-hydrogen) atoms. The van der Waals surface area contributed by atoms with Gasteiger partial charge < -0.3 is 10.4 Å². The van der Waals surface area contributed by atoms with Gasteiger partial charge in [-0.15, -0.1) is 0 Å². The third-order valence-corrected chi connectivity index (χ3v) is 2.79. The van der Waals surface area contributed by atoms with Crippen LogP contribution in [0.4, 0.5) is 10.1 Å². The van der Waals surface area contributed by atoms with Crippen LogP contribution in [0.3, 0.4) is 0 Å². The van der Waals surface area contributed by atoms with Crippen LogP contribution >= 0.6 is 0 Å². The van der Waals surface area contributed by atoms with Crippen molar-refractivity contribution >= 4 is 11.7 Å². The third-order valence-electron chi connectivity index (χ3n) is 2.79. The van der Waals surface area contributed by atoms with E-state index in [-0.39, 0.29) is 23.7 Å². The Balaban J connectivity index is 2.73. The molecule has 0 amide bonds. The fourth-order valence-corrected chi connectivity index (χ4v) is 1.77. The lowest BCUT2D eigenvalue weighted by Gasteiger charge is -2.16. The Morgan fingerprint density at radius 1 is 1.50 bits per heavy atom. The van der Waals surface area contributed by atoms with E-state index < -0.39 is 22.8 Å². The molecule has 0 aromatic heterocycles. The zero-order valence-corrected chi connectivity index (χ0v) is 11.3. The van der Waals surface area contributed by atoms with E-state index in [9.17, 15) is 19.3 Å². The van der Waals surface area contributed by atoms with Gasteiger partial charge in [-0.3, -0.25) is 14.9 Å². The maximum absolute atomic E-state index is 13.6. The second-order valence-electron chi connectivity index (χ2n) is 4.93. The highest BCUT2D eigenvalue weighted by Crippen LogP contribution is 2.17. The quantitative estimate of drug-likeness (QED) is 0.592. The molecule has 2 N–H and O–H groups in total. The second kappa shape index (κ2) is 6.95. The van der Waals surface area contributed by atoms with Crippen molar-refractivity contribution in [2.24, 2.45) is 5.92 Å². The van der Waals surface area contributed by atoms with E-state index >= 15 is 0 Å². The van der Waals surface area contributed by atoms with Crippen molar-refractivity contribution in [1.29, 1.82) is 0 Å². The SMILES string of the molecule is CC(C)C[C@H](NCc1ccc([N+](=O)[O-])cc1F)C(=O)O. The number of aliphatic carboxylic acids is 1. The lowest BCUT2D eigenvalue weighted by molar-refractivity contribution is -0.385. The predicted octanol–water partition coefficient (Wildman–Crippen LogP) is 2.32. The van der Waals surface area contributed by atoms with Gasteiger partial charge in [0.25, 0.3) is 5.69 Å².